The molecule has 0 aromatic heterocycles. The summed E-state index contributed by atoms with van der Waals surface area (Å²) in [5.41, 5.74) is 1.41. The molecule has 1 atom stereocenters. The average Bonchev–Trinajstić information content (AvgIpc) is 2.44. The number of carbonyl (C=O) groups is 1. The molecule has 116 valence electrons. The Morgan fingerprint density at radius 3 is 2.57 bits per heavy atom. The van der Waals surface area contributed by atoms with Crippen molar-refractivity contribution in [1.29, 1.82) is 0 Å². The van der Waals surface area contributed by atoms with E-state index in [1.807, 2.05) is 0 Å². The van der Waals surface area contributed by atoms with Crippen LogP contribution in [-0.4, -0.2) is 29.8 Å². The summed E-state index contributed by atoms with van der Waals surface area (Å²) in [7, 11) is 1.45. The van der Waals surface area contributed by atoms with Crippen LogP contribution in [0.3, 0.4) is 0 Å². The number of aliphatic hydroxyl groups excluding tert-OH is 1. The van der Waals surface area contributed by atoms with E-state index in [4.69, 9.17) is 28.0 Å². The zero-order valence-corrected chi connectivity index (χ0v) is 13.6. The maximum atomic E-state index is 11.8. The molecule has 0 aliphatic carbocycles. The van der Waals surface area contributed by atoms with Gasteiger partial charge in [0, 0.05) is 24.8 Å². The molecule has 0 aliphatic heterocycles. The highest BCUT2D eigenvalue weighted by atomic mass is 35.5. The highest BCUT2D eigenvalue weighted by molar-refractivity contribution is 6.42. The van der Waals surface area contributed by atoms with Gasteiger partial charge in [0.25, 0.3) is 0 Å². The Hall–Kier alpha value is -1.10. The van der Waals surface area contributed by atoms with Crippen molar-refractivity contribution < 1.29 is 14.7 Å². The van der Waals surface area contributed by atoms with Gasteiger partial charge in [0.15, 0.2) is 0 Å². The molecular formula is C15H19Cl2NO3. The zero-order chi connectivity index (χ0) is 15.8. The van der Waals surface area contributed by atoms with Crippen molar-refractivity contribution in [1.82, 2.24) is 0 Å². The van der Waals surface area contributed by atoms with Crippen LogP contribution in [0, 0.1) is 0 Å². The maximum absolute atomic E-state index is 11.8. The van der Waals surface area contributed by atoms with Crippen LogP contribution in [0.5, 0.6) is 0 Å². The number of hydrogen-bond donors (Lipinski definition) is 1. The fourth-order valence-corrected chi connectivity index (χ4v) is 2.08. The van der Waals surface area contributed by atoms with Crippen LogP contribution in [0.25, 0.3) is 0 Å². The maximum Gasteiger partial charge on any atom is 0.133 e. The lowest BCUT2D eigenvalue weighted by molar-refractivity contribution is -0.119. The molecule has 0 radical (unpaired) electrons. The molecule has 4 nitrogen and oxygen atoms in total. The molecule has 0 bridgehead atoms. The summed E-state index contributed by atoms with van der Waals surface area (Å²) >= 11 is 11.9. The second kappa shape index (κ2) is 9.03. The van der Waals surface area contributed by atoms with Crippen molar-refractivity contribution in [2.24, 2.45) is 5.16 Å². The van der Waals surface area contributed by atoms with Crippen LogP contribution >= 0.6 is 23.2 Å². The van der Waals surface area contributed by atoms with Gasteiger partial charge in [-0.05, 0) is 25.5 Å². The summed E-state index contributed by atoms with van der Waals surface area (Å²) in [6.45, 7) is 1.67. The molecule has 1 N–H and O–H groups in total. The summed E-state index contributed by atoms with van der Waals surface area (Å²) in [5, 5.41) is 14.0. The third kappa shape index (κ3) is 6.46. The number of halogens is 2. The van der Waals surface area contributed by atoms with Gasteiger partial charge >= 0.3 is 0 Å². The standard InChI is InChI=1S/C15H19Cl2NO3/c1-10(19)3-5-12(20)6-8-15(18-21-2)11-4-7-13(16)14(17)9-11/h4,7,9-10,19H,3,5-6,8H2,1-2H3/b18-15+. The number of carbonyl (C=O) groups excluding carboxylic acids is 1. The van der Waals surface area contributed by atoms with Crippen molar-refractivity contribution >= 4 is 34.7 Å². The molecule has 6 heteroatoms. The summed E-state index contributed by atoms with van der Waals surface area (Å²) in [5.74, 6) is 0.0831. The number of hydrogen-bond acceptors (Lipinski definition) is 4. The Labute approximate surface area is 134 Å². The minimum Gasteiger partial charge on any atom is -0.399 e. The molecule has 0 spiro atoms. The van der Waals surface area contributed by atoms with Crippen LogP contribution in [0.4, 0.5) is 0 Å². The van der Waals surface area contributed by atoms with E-state index < -0.39 is 6.10 Å². The van der Waals surface area contributed by atoms with Crippen LogP contribution < -0.4 is 0 Å². The van der Waals surface area contributed by atoms with E-state index in [9.17, 15) is 9.90 Å². The minimum atomic E-state index is -0.462. The van der Waals surface area contributed by atoms with Gasteiger partial charge in [0.1, 0.15) is 12.9 Å². The molecule has 1 unspecified atom stereocenters. The van der Waals surface area contributed by atoms with E-state index in [0.717, 1.165) is 5.56 Å². The number of benzene rings is 1. The lowest BCUT2D eigenvalue weighted by Crippen LogP contribution is -2.09. The molecule has 0 amide bonds. The highest BCUT2D eigenvalue weighted by Crippen LogP contribution is 2.23. The van der Waals surface area contributed by atoms with Gasteiger partial charge in [0.05, 0.1) is 21.9 Å². The number of Topliss-reactive ketones (excluding diaryl/α,β-unsaturated/α-hetero) is 1. The van der Waals surface area contributed by atoms with Crippen LogP contribution in [0.15, 0.2) is 23.4 Å². The lowest BCUT2D eigenvalue weighted by Gasteiger charge is -2.07. The molecule has 0 aliphatic rings. The van der Waals surface area contributed by atoms with Gasteiger partial charge in [-0.1, -0.05) is 34.4 Å². The fraction of sp³-hybridized carbons (Fsp3) is 0.467. The molecular weight excluding hydrogens is 313 g/mol. The highest BCUT2D eigenvalue weighted by Gasteiger charge is 2.11. The summed E-state index contributed by atoms with van der Waals surface area (Å²) in [6, 6.07) is 5.16. The monoisotopic (exact) mass is 331 g/mol. The van der Waals surface area contributed by atoms with Crippen molar-refractivity contribution in [2.45, 2.75) is 38.7 Å². The van der Waals surface area contributed by atoms with Gasteiger partial charge in [-0.25, -0.2) is 0 Å². The van der Waals surface area contributed by atoms with Crippen LogP contribution in [0.1, 0.15) is 38.2 Å². The van der Waals surface area contributed by atoms with E-state index in [1.54, 1.807) is 25.1 Å². The summed E-state index contributed by atoms with van der Waals surface area (Å²) in [4.78, 5) is 16.6. The second-order valence-corrected chi connectivity index (χ2v) is 5.59. The molecule has 1 aromatic carbocycles. The van der Waals surface area contributed by atoms with Gasteiger partial charge in [-0.3, -0.25) is 4.79 Å². The number of oxime groups is 1. The molecule has 0 saturated heterocycles. The number of nitrogens with zero attached hydrogens (tertiary/aromatic N) is 1. The molecule has 0 saturated carbocycles. The van der Waals surface area contributed by atoms with E-state index in [-0.39, 0.29) is 5.78 Å². The first-order valence-corrected chi connectivity index (χ1v) is 7.44. The third-order valence-corrected chi connectivity index (χ3v) is 3.67. The first-order chi connectivity index (χ1) is 9.93. The summed E-state index contributed by atoms with van der Waals surface area (Å²) in [6.07, 6.45) is 1.16. The lowest BCUT2D eigenvalue weighted by atomic mass is 10.0. The Kier molecular flexibility index (Phi) is 7.72. The smallest absolute Gasteiger partial charge is 0.133 e. The van der Waals surface area contributed by atoms with Gasteiger partial charge in [-0.15, -0.1) is 0 Å². The van der Waals surface area contributed by atoms with E-state index >= 15 is 0 Å². The Morgan fingerprint density at radius 2 is 2.00 bits per heavy atom. The van der Waals surface area contributed by atoms with E-state index in [2.05, 4.69) is 5.16 Å². The largest absolute Gasteiger partial charge is 0.399 e. The Bertz CT molecular complexity index is 516. The molecule has 0 heterocycles. The Morgan fingerprint density at radius 1 is 1.29 bits per heavy atom. The topological polar surface area (TPSA) is 58.9 Å². The van der Waals surface area contributed by atoms with E-state index in [0.29, 0.717) is 41.4 Å². The quantitative estimate of drug-likeness (QED) is 0.581. The van der Waals surface area contributed by atoms with Crippen molar-refractivity contribution in [3.63, 3.8) is 0 Å². The van der Waals surface area contributed by atoms with Gasteiger partial charge in [-0.2, -0.15) is 0 Å². The molecule has 1 rings (SSSR count). The third-order valence-electron chi connectivity index (χ3n) is 2.94. The second-order valence-electron chi connectivity index (χ2n) is 4.78. The normalized spacial score (nSPS) is 13.1. The van der Waals surface area contributed by atoms with Crippen molar-refractivity contribution in [3.8, 4) is 0 Å². The van der Waals surface area contributed by atoms with Gasteiger partial charge < -0.3 is 9.94 Å². The van der Waals surface area contributed by atoms with Crippen LogP contribution in [0.2, 0.25) is 10.0 Å². The number of rotatable bonds is 8. The molecule has 0 fully saturated rings. The summed E-state index contributed by atoms with van der Waals surface area (Å²) < 4.78 is 0. The SMILES string of the molecule is CO/N=C(\CCC(=O)CCC(C)O)c1ccc(Cl)c(Cl)c1. The first kappa shape index (κ1) is 18.0. The minimum absolute atomic E-state index is 0.0831. The fourth-order valence-electron chi connectivity index (χ4n) is 1.78. The number of ketones is 1. The average molecular weight is 332 g/mol. The molecule has 1 aromatic rings. The zero-order valence-electron chi connectivity index (χ0n) is 12.1. The van der Waals surface area contributed by atoms with Crippen molar-refractivity contribution in [2.75, 3.05) is 7.11 Å². The number of aliphatic hydroxyl groups is 1. The predicted molar refractivity (Wildman–Crippen MR) is 85.2 cm³/mol. The van der Waals surface area contributed by atoms with Gasteiger partial charge in [0.2, 0.25) is 0 Å². The van der Waals surface area contributed by atoms with Crippen LogP contribution in [-0.2, 0) is 9.63 Å². The van der Waals surface area contributed by atoms with Crippen molar-refractivity contribution in [3.05, 3.63) is 33.8 Å². The predicted octanol–water partition coefficient (Wildman–Crippen LogP) is 3.85. The van der Waals surface area contributed by atoms with E-state index in [1.165, 1.54) is 7.11 Å². The first-order valence-electron chi connectivity index (χ1n) is 6.69. The molecule has 21 heavy (non-hydrogen) atoms. The Balaban J connectivity index is 2.68.